The molecule has 27 heavy (non-hydrogen) atoms. The lowest BCUT2D eigenvalue weighted by molar-refractivity contribution is -0.149. The van der Waals surface area contributed by atoms with E-state index in [1.54, 1.807) is 0 Å². The fourth-order valence-corrected chi connectivity index (χ4v) is 4.43. The normalized spacial score (nSPS) is 19.4. The van der Waals surface area contributed by atoms with E-state index in [0.29, 0.717) is 12.3 Å². The van der Waals surface area contributed by atoms with Gasteiger partial charge in [-0.15, -0.1) is 0 Å². The Balaban J connectivity index is 3.19. The zero-order chi connectivity index (χ0) is 21.0. The molecular weight excluding hydrogens is 338 g/mol. The zero-order valence-electron chi connectivity index (χ0n) is 19.3. The predicted molar refractivity (Wildman–Crippen MR) is 111 cm³/mol. The van der Waals surface area contributed by atoms with Crippen molar-refractivity contribution in [2.24, 2.45) is 16.2 Å². The molecule has 2 atom stereocenters. The third-order valence-electron chi connectivity index (χ3n) is 6.53. The second-order valence-corrected chi connectivity index (χ2v) is 10.9. The average Bonchev–Trinajstić information content (AvgIpc) is 2.66. The van der Waals surface area contributed by atoms with Crippen molar-refractivity contribution in [1.29, 1.82) is 0 Å². The van der Waals surface area contributed by atoms with Crippen molar-refractivity contribution in [3.63, 3.8) is 0 Å². The summed E-state index contributed by atoms with van der Waals surface area (Å²) in [6, 6.07) is 0.169. The minimum Gasteiger partial charge on any atom is -0.463 e. The smallest absolute Gasteiger partial charge is 0.302 e. The van der Waals surface area contributed by atoms with Crippen LogP contribution in [0.15, 0.2) is 0 Å². The molecule has 1 aliphatic rings. The molecule has 0 bridgehead atoms. The number of rotatable bonds is 7. The molecule has 0 aromatic heterocycles. The van der Waals surface area contributed by atoms with Gasteiger partial charge in [-0.1, -0.05) is 54.9 Å². The van der Waals surface area contributed by atoms with E-state index in [1.165, 1.54) is 6.92 Å². The van der Waals surface area contributed by atoms with E-state index in [-0.39, 0.29) is 34.4 Å². The second-order valence-electron chi connectivity index (χ2n) is 10.9. The van der Waals surface area contributed by atoms with E-state index >= 15 is 0 Å². The van der Waals surface area contributed by atoms with Crippen molar-refractivity contribution in [1.82, 2.24) is 4.90 Å². The molecule has 4 heteroatoms. The van der Waals surface area contributed by atoms with Crippen molar-refractivity contribution in [2.45, 2.75) is 113 Å². The largest absolute Gasteiger partial charge is 0.463 e. The first-order valence-corrected chi connectivity index (χ1v) is 10.6. The summed E-state index contributed by atoms with van der Waals surface area (Å²) >= 11 is 0. The van der Waals surface area contributed by atoms with Crippen LogP contribution in [0, 0.1) is 16.2 Å². The molecule has 1 rings (SSSR count). The number of amides is 1. The van der Waals surface area contributed by atoms with Gasteiger partial charge in [-0.3, -0.25) is 9.59 Å². The Labute approximate surface area is 167 Å². The highest BCUT2D eigenvalue weighted by atomic mass is 16.5. The molecule has 4 nitrogen and oxygen atoms in total. The summed E-state index contributed by atoms with van der Waals surface area (Å²) in [6.07, 6.45) is 5.52. The Morgan fingerprint density at radius 1 is 1.04 bits per heavy atom. The van der Waals surface area contributed by atoms with Gasteiger partial charge < -0.3 is 9.64 Å². The Morgan fingerprint density at radius 2 is 1.63 bits per heavy atom. The van der Waals surface area contributed by atoms with E-state index in [1.807, 2.05) is 6.92 Å². The van der Waals surface area contributed by atoms with E-state index in [2.05, 4.69) is 53.4 Å². The molecule has 0 N–H and O–H groups in total. The quantitative estimate of drug-likeness (QED) is 0.540. The van der Waals surface area contributed by atoms with E-state index in [9.17, 15) is 9.59 Å². The van der Waals surface area contributed by atoms with Gasteiger partial charge in [-0.25, -0.2) is 0 Å². The summed E-state index contributed by atoms with van der Waals surface area (Å²) in [7, 11) is 0. The molecule has 0 saturated carbocycles. The van der Waals surface area contributed by atoms with Crippen LogP contribution in [0.4, 0.5) is 0 Å². The van der Waals surface area contributed by atoms with E-state index < -0.39 is 0 Å². The van der Waals surface area contributed by atoms with Gasteiger partial charge in [0.15, 0.2) is 0 Å². The SMILES string of the molecule is CC(=O)OC(C)CC(C)(C)C(C)(C)C(CC(C)(C)C)N1CCCCCC1=O. The van der Waals surface area contributed by atoms with Crippen LogP contribution in [0.3, 0.4) is 0 Å². The van der Waals surface area contributed by atoms with Crippen LogP contribution in [0.2, 0.25) is 0 Å². The molecular formula is C23H43NO3. The van der Waals surface area contributed by atoms with E-state index in [4.69, 9.17) is 4.74 Å². The van der Waals surface area contributed by atoms with Crippen LogP contribution in [-0.2, 0) is 14.3 Å². The number of likely N-dealkylation sites (tertiary alicyclic amines) is 1. The number of hydrogen-bond donors (Lipinski definition) is 0. The summed E-state index contributed by atoms with van der Waals surface area (Å²) < 4.78 is 5.43. The maximum absolute atomic E-state index is 12.9. The average molecular weight is 382 g/mol. The van der Waals surface area contributed by atoms with Crippen LogP contribution in [0.5, 0.6) is 0 Å². The summed E-state index contributed by atoms with van der Waals surface area (Å²) in [5, 5.41) is 0. The Hall–Kier alpha value is -1.06. The number of hydrogen-bond acceptors (Lipinski definition) is 3. The maximum Gasteiger partial charge on any atom is 0.302 e. The predicted octanol–water partition coefficient (Wildman–Crippen LogP) is 5.59. The number of carbonyl (C=O) groups excluding carboxylic acids is 2. The van der Waals surface area contributed by atoms with Gasteiger partial charge in [-0.2, -0.15) is 0 Å². The van der Waals surface area contributed by atoms with Crippen molar-refractivity contribution in [3.05, 3.63) is 0 Å². The van der Waals surface area contributed by atoms with Crippen molar-refractivity contribution < 1.29 is 14.3 Å². The molecule has 1 heterocycles. The monoisotopic (exact) mass is 381 g/mol. The summed E-state index contributed by atoms with van der Waals surface area (Å²) in [6.45, 7) is 20.2. The molecule has 1 amide bonds. The molecule has 0 spiro atoms. The van der Waals surface area contributed by atoms with Gasteiger partial charge >= 0.3 is 5.97 Å². The van der Waals surface area contributed by atoms with Crippen LogP contribution in [0.1, 0.15) is 101 Å². The molecule has 0 aliphatic carbocycles. The Morgan fingerprint density at radius 3 is 2.15 bits per heavy atom. The highest BCUT2D eigenvalue weighted by Gasteiger charge is 2.48. The van der Waals surface area contributed by atoms with Crippen LogP contribution in [0.25, 0.3) is 0 Å². The molecule has 0 aromatic carbocycles. The topological polar surface area (TPSA) is 46.6 Å². The Kier molecular flexibility index (Phi) is 7.96. The second kappa shape index (κ2) is 8.96. The first-order valence-electron chi connectivity index (χ1n) is 10.6. The molecule has 1 fully saturated rings. The third-order valence-corrected chi connectivity index (χ3v) is 6.53. The van der Waals surface area contributed by atoms with Crippen molar-refractivity contribution >= 4 is 11.9 Å². The van der Waals surface area contributed by atoms with Gasteiger partial charge in [0.2, 0.25) is 5.91 Å². The minimum absolute atomic E-state index is 0.0929. The fraction of sp³-hybridized carbons (Fsp3) is 0.913. The van der Waals surface area contributed by atoms with Gasteiger partial charge in [0.25, 0.3) is 0 Å². The minimum atomic E-state index is -0.231. The zero-order valence-corrected chi connectivity index (χ0v) is 19.3. The lowest BCUT2D eigenvalue weighted by Crippen LogP contribution is -2.55. The fourth-order valence-electron chi connectivity index (χ4n) is 4.43. The first kappa shape index (κ1) is 24.0. The molecule has 0 radical (unpaired) electrons. The van der Waals surface area contributed by atoms with Crippen LogP contribution < -0.4 is 0 Å². The highest BCUT2D eigenvalue weighted by molar-refractivity contribution is 5.76. The lowest BCUT2D eigenvalue weighted by Gasteiger charge is -2.53. The van der Waals surface area contributed by atoms with E-state index in [0.717, 1.165) is 38.6 Å². The maximum atomic E-state index is 12.9. The van der Waals surface area contributed by atoms with Crippen LogP contribution >= 0.6 is 0 Å². The lowest BCUT2D eigenvalue weighted by atomic mass is 9.59. The third kappa shape index (κ3) is 6.80. The number of nitrogens with zero attached hydrogens (tertiary/aromatic N) is 1. The molecule has 0 aromatic rings. The van der Waals surface area contributed by atoms with Crippen LogP contribution in [-0.4, -0.2) is 35.5 Å². The number of esters is 1. The number of ether oxygens (including phenoxy) is 1. The summed E-state index contributed by atoms with van der Waals surface area (Å²) in [4.78, 5) is 26.5. The van der Waals surface area contributed by atoms with Crippen molar-refractivity contribution in [2.75, 3.05) is 6.54 Å². The summed E-state index contributed by atoms with van der Waals surface area (Å²) in [5.74, 6) is 0.0729. The van der Waals surface area contributed by atoms with Crippen molar-refractivity contribution in [3.8, 4) is 0 Å². The molecule has 1 saturated heterocycles. The van der Waals surface area contributed by atoms with Gasteiger partial charge in [0, 0.05) is 25.9 Å². The molecule has 1 aliphatic heterocycles. The van der Waals surface area contributed by atoms with Gasteiger partial charge in [0.1, 0.15) is 0 Å². The van der Waals surface area contributed by atoms with Gasteiger partial charge in [-0.05, 0) is 48.9 Å². The molecule has 2 unspecified atom stereocenters. The molecule has 158 valence electrons. The highest BCUT2D eigenvalue weighted by Crippen LogP contribution is 2.49. The van der Waals surface area contributed by atoms with Gasteiger partial charge in [0.05, 0.1) is 6.10 Å². The Bertz CT molecular complexity index is 516. The summed E-state index contributed by atoms with van der Waals surface area (Å²) in [5.41, 5.74) is -0.0782. The standard InChI is InChI=1S/C23H43NO3/c1-17(27-18(2)25)15-22(6,7)23(8,9)19(16-21(3,4)5)24-14-12-10-11-13-20(24)26/h17,19H,10-16H2,1-9H3. The number of carbonyl (C=O) groups is 2. The first-order chi connectivity index (χ1) is 12.2.